The van der Waals surface area contributed by atoms with E-state index in [9.17, 15) is 0 Å². The fraction of sp³-hybridized carbons (Fsp3) is 0.571. The third-order valence-electron chi connectivity index (χ3n) is 1.52. The number of nitrogens with zero attached hydrogens (tertiary/aromatic N) is 2. The molecular formula is C7H10ClIN2O. The van der Waals surface area contributed by atoms with Crippen LogP contribution in [0, 0.1) is 3.70 Å². The molecule has 0 amide bonds. The maximum atomic E-state index is 5.84. The molecule has 12 heavy (non-hydrogen) atoms. The number of hydrogen-bond acceptors (Lipinski definition) is 2. The fourth-order valence-electron chi connectivity index (χ4n) is 0.945. The molecule has 0 aliphatic heterocycles. The van der Waals surface area contributed by atoms with Gasteiger partial charge in [0.05, 0.1) is 23.9 Å². The molecule has 0 spiro atoms. The maximum Gasteiger partial charge on any atom is 0.118 e. The summed E-state index contributed by atoms with van der Waals surface area (Å²) >= 11 is 8.01. The first-order valence-corrected chi connectivity index (χ1v) is 5.00. The Morgan fingerprint density at radius 3 is 2.92 bits per heavy atom. The van der Waals surface area contributed by atoms with E-state index in [0.29, 0.717) is 11.6 Å². The molecule has 1 atom stereocenters. The van der Waals surface area contributed by atoms with Crippen LogP contribution in [0.1, 0.15) is 13.0 Å². The van der Waals surface area contributed by atoms with Crippen LogP contribution >= 0.6 is 34.2 Å². The van der Waals surface area contributed by atoms with Gasteiger partial charge in [-0.05, 0) is 29.5 Å². The molecule has 3 nitrogen and oxygen atoms in total. The molecule has 0 bridgehead atoms. The Morgan fingerprint density at radius 1 is 1.83 bits per heavy atom. The summed E-state index contributed by atoms with van der Waals surface area (Å²) in [5, 5.41) is 4.82. The van der Waals surface area contributed by atoms with E-state index in [1.807, 2.05) is 11.6 Å². The zero-order valence-corrected chi connectivity index (χ0v) is 9.83. The molecule has 1 heterocycles. The van der Waals surface area contributed by atoms with Crippen molar-refractivity contribution in [3.63, 3.8) is 0 Å². The fourth-order valence-corrected chi connectivity index (χ4v) is 1.81. The van der Waals surface area contributed by atoms with E-state index in [2.05, 4.69) is 27.7 Å². The molecule has 1 aromatic heterocycles. The summed E-state index contributed by atoms with van der Waals surface area (Å²) in [6.07, 6.45) is 1.65. The highest BCUT2D eigenvalue weighted by atomic mass is 127. The van der Waals surface area contributed by atoms with Crippen LogP contribution in [-0.4, -0.2) is 23.5 Å². The van der Waals surface area contributed by atoms with Gasteiger partial charge >= 0.3 is 0 Å². The lowest BCUT2D eigenvalue weighted by molar-refractivity contribution is 0.156. The summed E-state index contributed by atoms with van der Waals surface area (Å²) < 4.78 is 7.83. The van der Waals surface area contributed by atoms with Crippen molar-refractivity contribution in [2.24, 2.45) is 0 Å². The number of aromatic nitrogens is 2. The van der Waals surface area contributed by atoms with Gasteiger partial charge in [-0.3, -0.25) is 4.68 Å². The number of ether oxygens (including phenoxy) is 1. The van der Waals surface area contributed by atoms with Gasteiger partial charge in [0, 0.05) is 7.11 Å². The van der Waals surface area contributed by atoms with Crippen molar-refractivity contribution >= 4 is 34.2 Å². The Morgan fingerprint density at radius 2 is 2.50 bits per heavy atom. The molecule has 5 heteroatoms. The van der Waals surface area contributed by atoms with E-state index in [0.717, 1.165) is 3.70 Å². The minimum atomic E-state index is 0.231. The number of methoxy groups -OCH3 is 1. The van der Waals surface area contributed by atoms with Gasteiger partial charge in [0.2, 0.25) is 0 Å². The Balaban J connectivity index is 2.80. The molecule has 1 rings (SSSR count). The Hall–Kier alpha value is 0.190. The lowest BCUT2D eigenvalue weighted by Gasteiger charge is -2.11. The molecule has 0 saturated carbocycles. The van der Waals surface area contributed by atoms with Gasteiger partial charge in [-0.2, -0.15) is 5.10 Å². The SMILES string of the molecule is COC[C@H](C)n1ncc(Cl)c1I. The van der Waals surface area contributed by atoms with Gasteiger partial charge in [0.1, 0.15) is 3.70 Å². The Labute approximate surface area is 90.2 Å². The van der Waals surface area contributed by atoms with Crippen molar-refractivity contribution in [3.05, 3.63) is 14.9 Å². The molecule has 0 aliphatic rings. The molecule has 68 valence electrons. The van der Waals surface area contributed by atoms with Crippen LogP contribution in [0.4, 0.5) is 0 Å². The molecule has 0 aromatic carbocycles. The lowest BCUT2D eigenvalue weighted by atomic mass is 10.4. The highest BCUT2D eigenvalue weighted by molar-refractivity contribution is 14.1. The monoisotopic (exact) mass is 300 g/mol. The summed E-state index contributed by atoms with van der Waals surface area (Å²) in [6, 6.07) is 0.231. The Kier molecular flexibility index (Phi) is 3.79. The van der Waals surface area contributed by atoms with Crippen LogP contribution in [0.2, 0.25) is 5.02 Å². The van der Waals surface area contributed by atoms with E-state index in [1.165, 1.54) is 0 Å². The zero-order valence-electron chi connectivity index (χ0n) is 6.92. The van der Waals surface area contributed by atoms with Gasteiger partial charge in [-0.1, -0.05) is 11.6 Å². The van der Waals surface area contributed by atoms with Gasteiger partial charge in [-0.25, -0.2) is 0 Å². The average molecular weight is 301 g/mol. The van der Waals surface area contributed by atoms with Gasteiger partial charge < -0.3 is 4.74 Å². The smallest absolute Gasteiger partial charge is 0.118 e. The van der Waals surface area contributed by atoms with E-state index in [-0.39, 0.29) is 6.04 Å². The van der Waals surface area contributed by atoms with Crippen molar-refractivity contribution in [2.75, 3.05) is 13.7 Å². The Bertz CT molecular complexity index is 264. The average Bonchev–Trinajstić information content (AvgIpc) is 2.34. The van der Waals surface area contributed by atoms with Crippen molar-refractivity contribution in [3.8, 4) is 0 Å². The van der Waals surface area contributed by atoms with Crippen LogP contribution in [0.3, 0.4) is 0 Å². The van der Waals surface area contributed by atoms with E-state index in [1.54, 1.807) is 13.3 Å². The minimum Gasteiger partial charge on any atom is -0.382 e. The normalized spacial score (nSPS) is 13.3. The lowest BCUT2D eigenvalue weighted by Crippen LogP contribution is -2.13. The first-order chi connectivity index (χ1) is 5.66. The second kappa shape index (κ2) is 4.43. The van der Waals surface area contributed by atoms with Gasteiger partial charge in [0.25, 0.3) is 0 Å². The quantitative estimate of drug-likeness (QED) is 0.801. The minimum absolute atomic E-state index is 0.231. The first kappa shape index (κ1) is 10.3. The molecule has 0 unspecified atom stereocenters. The molecular weight excluding hydrogens is 290 g/mol. The van der Waals surface area contributed by atoms with Crippen LogP contribution in [-0.2, 0) is 4.74 Å². The second-order valence-corrected chi connectivity index (χ2v) is 3.96. The predicted molar refractivity (Wildman–Crippen MR) is 56.5 cm³/mol. The number of halogens is 2. The van der Waals surface area contributed by atoms with Crippen molar-refractivity contribution in [2.45, 2.75) is 13.0 Å². The third kappa shape index (κ3) is 2.11. The van der Waals surface area contributed by atoms with E-state index >= 15 is 0 Å². The van der Waals surface area contributed by atoms with Crippen molar-refractivity contribution in [1.29, 1.82) is 0 Å². The summed E-state index contributed by atoms with van der Waals surface area (Å²) in [5.74, 6) is 0. The molecule has 0 N–H and O–H groups in total. The molecule has 1 aromatic rings. The van der Waals surface area contributed by atoms with Gasteiger partial charge in [-0.15, -0.1) is 0 Å². The largest absolute Gasteiger partial charge is 0.382 e. The predicted octanol–water partition coefficient (Wildman–Crippen LogP) is 2.35. The number of hydrogen-bond donors (Lipinski definition) is 0. The second-order valence-electron chi connectivity index (χ2n) is 2.53. The molecule has 0 aliphatic carbocycles. The summed E-state index contributed by atoms with van der Waals surface area (Å²) in [5.41, 5.74) is 0. The third-order valence-corrected chi connectivity index (χ3v) is 3.19. The topological polar surface area (TPSA) is 27.1 Å². The van der Waals surface area contributed by atoms with Crippen molar-refractivity contribution < 1.29 is 4.74 Å². The molecule has 0 saturated heterocycles. The van der Waals surface area contributed by atoms with Gasteiger partial charge in [0.15, 0.2) is 0 Å². The maximum absolute atomic E-state index is 5.84. The van der Waals surface area contributed by atoms with Crippen LogP contribution < -0.4 is 0 Å². The first-order valence-electron chi connectivity index (χ1n) is 3.54. The highest BCUT2D eigenvalue weighted by Gasteiger charge is 2.11. The standard InChI is InChI=1S/C7H10ClIN2O/c1-5(4-12-2)11-7(9)6(8)3-10-11/h3,5H,4H2,1-2H3/t5-/m0/s1. The van der Waals surface area contributed by atoms with Crippen LogP contribution in [0.15, 0.2) is 6.20 Å². The van der Waals surface area contributed by atoms with Crippen LogP contribution in [0.25, 0.3) is 0 Å². The zero-order chi connectivity index (χ0) is 9.14. The summed E-state index contributed by atoms with van der Waals surface area (Å²) in [7, 11) is 1.68. The molecule has 0 fully saturated rings. The van der Waals surface area contributed by atoms with Crippen molar-refractivity contribution in [1.82, 2.24) is 9.78 Å². The van der Waals surface area contributed by atoms with Crippen LogP contribution in [0.5, 0.6) is 0 Å². The summed E-state index contributed by atoms with van der Waals surface area (Å²) in [6.45, 7) is 2.68. The molecule has 0 radical (unpaired) electrons. The van der Waals surface area contributed by atoms with E-state index in [4.69, 9.17) is 16.3 Å². The summed E-state index contributed by atoms with van der Waals surface area (Å²) in [4.78, 5) is 0. The number of rotatable bonds is 3. The van der Waals surface area contributed by atoms with E-state index < -0.39 is 0 Å². The highest BCUT2D eigenvalue weighted by Crippen LogP contribution is 2.20.